The van der Waals surface area contributed by atoms with Gasteiger partial charge in [-0.3, -0.25) is 10.00 Å². The van der Waals surface area contributed by atoms with Gasteiger partial charge in [-0.2, -0.15) is 10.2 Å². The highest BCUT2D eigenvalue weighted by Crippen LogP contribution is 2.21. The maximum absolute atomic E-state index is 9.04. The molecule has 0 bridgehead atoms. The zero-order valence-corrected chi connectivity index (χ0v) is 15.6. The quantitative estimate of drug-likeness (QED) is 0.698. The summed E-state index contributed by atoms with van der Waals surface area (Å²) in [5.74, 6) is 1.68. The number of pyridine rings is 1. The minimum Gasteiger partial charge on any atom is -0.354 e. The van der Waals surface area contributed by atoms with Crippen molar-refractivity contribution in [3.63, 3.8) is 0 Å². The third kappa shape index (κ3) is 3.53. The minimum atomic E-state index is 0.569. The second-order valence-corrected chi connectivity index (χ2v) is 7.33. The topological polar surface area (TPSA) is 76.8 Å². The van der Waals surface area contributed by atoms with E-state index >= 15 is 0 Å². The van der Waals surface area contributed by atoms with Crippen LogP contribution < -0.4 is 4.90 Å². The van der Waals surface area contributed by atoms with Gasteiger partial charge in [-0.25, -0.2) is 9.67 Å². The van der Waals surface area contributed by atoms with Crippen LogP contribution in [0.2, 0.25) is 0 Å². The van der Waals surface area contributed by atoms with Crippen molar-refractivity contribution in [2.24, 2.45) is 0 Å². The summed E-state index contributed by atoms with van der Waals surface area (Å²) in [6, 6.07) is 9.77. The van der Waals surface area contributed by atoms with Crippen molar-refractivity contribution in [1.82, 2.24) is 24.6 Å². The van der Waals surface area contributed by atoms with Crippen LogP contribution >= 0.6 is 23.6 Å². The van der Waals surface area contributed by atoms with E-state index in [2.05, 4.69) is 30.9 Å². The number of hydrogen-bond acceptors (Lipinski definition) is 7. The van der Waals surface area contributed by atoms with Crippen LogP contribution in [0.5, 0.6) is 0 Å². The molecule has 9 heteroatoms. The fourth-order valence-corrected chi connectivity index (χ4v) is 3.81. The summed E-state index contributed by atoms with van der Waals surface area (Å²) in [4.78, 5) is 14.5. The molecule has 7 nitrogen and oxygen atoms in total. The van der Waals surface area contributed by atoms with E-state index in [1.54, 1.807) is 23.6 Å². The highest BCUT2D eigenvalue weighted by Gasteiger charge is 2.19. The number of nitrogens with one attached hydrogen (secondary N) is 1. The number of aromatic amines is 1. The zero-order valence-electron chi connectivity index (χ0n) is 14.0. The maximum atomic E-state index is 9.04. The smallest absolute Gasteiger partial charge is 0.217 e. The Morgan fingerprint density at radius 2 is 2.12 bits per heavy atom. The molecule has 0 radical (unpaired) electrons. The van der Waals surface area contributed by atoms with Gasteiger partial charge in [-0.15, -0.1) is 11.3 Å². The summed E-state index contributed by atoms with van der Waals surface area (Å²) in [6.07, 6.45) is 1.69. The van der Waals surface area contributed by atoms with Gasteiger partial charge in [0.1, 0.15) is 5.82 Å². The molecular formula is C17H17N7S2. The van der Waals surface area contributed by atoms with Crippen molar-refractivity contribution in [1.29, 1.82) is 5.26 Å². The van der Waals surface area contributed by atoms with Crippen molar-refractivity contribution >= 4 is 29.4 Å². The Morgan fingerprint density at radius 1 is 1.27 bits per heavy atom. The summed E-state index contributed by atoms with van der Waals surface area (Å²) in [6.45, 7) is 4.21. The third-order valence-corrected chi connectivity index (χ3v) is 5.53. The van der Waals surface area contributed by atoms with E-state index in [1.165, 1.54) is 0 Å². The molecule has 0 atom stereocenters. The third-order valence-electron chi connectivity index (χ3n) is 4.35. The molecule has 0 aromatic carbocycles. The van der Waals surface area contributed by atoms with Crippen LogP contribution in [0.3, 0.4) is 0 Å². The molecule has 1 N–H and O–H groups in total. The Labute approximate surface area is 160 Å². The molecule has 1 aliphatic heterocycles. The Morgan fingerprint density at radius 3 is 2.85 bits per heavy atom. The predicted molar refractivity (Wildman–Crippen MR) is 103 cm³/mol. The minimum absolute atomic E-state index is 0.569. The monoisotopic (exact) mass is 383 g/mol. The lowest BCUT2D eigenvalue weighted by atomic mass is 10.2. The lowest BCUT2D eigenvalue weighted by Gasteiger charge is -2.35. The Balaban J connectivity index is 1.40. The lowest BCUT2D eigenvalue weighted by molar-refractivity contribution is 0.194. The van der Waals surface area contributed by atoms with E-state index in [9.17, 15) is 0 Å². The lowest BCUT2D eigenvalue weighted by Crippen LogP contribution is -2.47. The second-order valence-electron chi connectivity index (χ2n) is 6.02. The molecule has 3 aromatic heterocycles. The van der Waals surface area contributed by atoms with E-state index in [0.717, 1.165) is 42.7 Å². The van der Waals surface area contributed by atoms with Gasteiger partial charge >= 0.3 is 0 Å². The van der Waals surface area contributed by atoms with Crippen LogP contribution in [-0.2, 0) is 6.67 Å². The second kappa shape index (κ2) is 7.37. The van der Waals surface area contributed by atoms with Crippen LogP contribution in [-0.4, -0.2) is 50.8 Å². The first-order chi connectivity index (χ1) is 12.7. The molecule has 4 rings (SSSR count). The number of thiophene rings is 1. The highest BCUT2D eigenvalue weighted by atomic mass is 32.1. The van der Waals surface area contributed by atoms with Gasteiger partial charge in [-0.05, 0) is 35.8 Å². The zero-order chi connectivity index (χ0) is 17.9. The number of nitriles is 1. The van der Waals surface area contributed by atoms with Crippen LogP contribution in [0, 0.1) is 16.1 Å². The molecule has 132 valence electrons. The van der Waals surface area contributed by atoms with Crippen LogP contribution in [0.4, 0.5) is 5.82 Å². The number of anilines is 1. The van der Waals surface area contributed by atoms with Gasteiger partial charge in [0.25, 0.3) is 0 Å². The number of rotatable bonds is 4. The number of nitrogens with zero attached hydrogens (tertiary/aromatic N) is 6. The largest absolute Gasteiger partial charge is 0.354 e. The van der Waals surface area contributed by atoms with E-state index in [4.69, 9.17) is 17.5 Å². The Bertz CT molecular complexity index is 975. The molecule has 26 heavy (non-hydrogen) atoms. The molecule has 0 amide bonds. The molecule has 1 saturated heterocycles. The first-order valence-electron chi connectivity index (χ1n) is 8.27. The van der Waals surface area contributed by atoms with Crippen LogP contribution in [0.1, 0.15) is 5.56 Å². The average Bonchev–Trinajstić information content (AvgIpc) is 3.33. The normalized spacial score (nSPS) is 15.1. The van der Waals surface area contributed by atoms with Gasteiger partial charge in [-0.1, -0.05) is 6.07 Å². The van der Waals surface area contributed by atoms with Gasteiger partial charge < -0.3 is 4.90 Å². The van der Waals surface area contributed by atoms with Gasteiger partial charge in [0, 0.05) is 32.4 Å². The predicted octanol–water partition coefficient (Wildman–Crippen LogP) is 2.72. The van der Waals surface area contributed by atoms with E-state index in [-0.39, 0.29) is 0 Å². The van der Waals surface area contributed by atoms with Gasteiger partial charge in [0.2, 0.25) is 4.77 Å². The molecule has 1 fully saturated rings. The molecule has 0 saturated carbocycles. The van der Waals surface area contributed by atoms with Crippen LogP contribution in [0.15, 0.2) is 35.8 Å². The Kier molecular flexibility index (Phi) is 4.79. The summed E-state index contributed by atoms with van der Waals surface area (Å²) in [7, 11) is 0. The van der Waals surface area contributed by atoms with Crippen molar-refractivity contribution in [3.05, 3.63) is 46.2 Å². The number of piperazine rings is 1. The van der Waals surface area contributed by atoms with E-state index in [0.29, 0.717) is 17.0 Å². The summed E-state index contributed by atoms with van der Waals surface area (Å²) in [5.41, 5.74) is 0.641. The average molecular weight is 384 g/mol. The molecule has 4 heterocycles. The molecule has 0 unspecified atom stereocenters. The van der Waals surface area contributed by atoms with Crippen molar-refractivity contribution < 1.29 is 0 Å². The van der Waals surface area contributed by atoms with E-state index in [1.807, 2.05) is 28.3 Å². The molecule has 3 aromatic rings. The fourth-order valence-electron chi connectivity index (χ4n) is 2.96. The van der Waals surface area contributed by atoms with Crippen molar-refractivity contribution in [3.8, 4) is 16.8 Å². The van der Waals surface area contributed by atoms with Crippen molar-refractivity contribution in [2.75, 3.05) is 31.1 Å². The van der Waals surface area contributed by atoms with Gasteiger partial charge in [0.15, 0.2) is 5.82 Å². The SMILES string of the molecule is N#Cc1ccnc(N2CCN(Cn3[nH]c(-c4cccs4)nc3=S)CC2)c1. The van der Waals surface area contributed by atoms with Crippen LogP contribution in [0.25, 0.3) is 10.7 Å². The summed E-state index contributed by atoms with van der Waals surface area (Å²) >= 11 is 7.03. The molecule has 1 aliphatic rings. The molecule has 0 aliphatic carbocycles. The van der Waals surface area contributed by atoms with E-state index < -0.39 is 0 Å². The number of aromatic nitrogens is 4. The first-order valence-corrected chi connectivity index (χ1v) is 9.56. The van der Waals surface area contributed by atoms with Gasteiger partial charge in [0.05, 0.1) is 23.2 Å². The summed E-state index contributed by atoms with van der Waals surface area (Å²) in [5, 5.41) is 14.4. The first kappa shape index (κ1) is 16.9. The molecule has 0 spiro atoms. The maximum Gasteiger partial charge on any atom is 0.217 e. The summed E-state index contributed by atoms with van der Waals surface area (Å²) < 4.78 is 2.48. The van der Waals surface area contributed by atoms with Crippen molar-refractivity contribution in [2.45, 2.75) is 6.67 Å². The number of H-pyrrole nitrogens is 1. The highest BCUT2D eigenvalue weighted by molar-refractivity contribution is 7.71. The Hall–Kier alpha value is -2.54. The standard InChI is InChI=1S/C17H17N7S2/c18-11-13-3-4-19-15(10-13)23-7-5-22(6-8-23)12-24-17(25)20-16(21-24)14-2-1-9-26-14/h1-4,9-10H,5-8,12H2,(H,20,21,25). The number of hydrogen-bond donors (Lipinski definition) is 1. The fraction of sp³-hybridized carbons (Fsp3) is 0.294. The molecular weight excluding hydrogens is 366 g/mol.